The topological polar surface area (TPSA) is 24.9 Å². The Balaban J connectivity index is 1.57. The standard InChI is InChI=1S/C15H24N2O2Si/c1-20(2,3)17-8-6-16(7-9-17)11-13-4-5-14-15(10-13)19-12-18-14/h4-5,10H,6-9,11-12H2,1-3H3. The first-order valence-electron chi connectivity index (χ1n) is 7.38. The fourth-order valence-corrected chi connectivity index (χ4v) is 4.42. The van der Waals surface area contributed by atoms with E-state index in [0.717, 1.165) is 18.0 Å². The Bertz CT molecular complexity index is 479. The third-order valence-corrected chi connectivity index (χ3v) is 6.51. The fourth-order valence-electron chi connectivity index (χ4n) is 2.87. The molecule has 110 valence electrons. The molecule has 0 aromatic heterocycles. The molecular formula is C15H24N2O2Si. The number of hydrogen-bond acceptors (Lipinski definition) is 4. The van der Waals surface area contributed by atoms with Gasteiger partial charge in [-0.25, -0.2) is 0 Å². The highest BCUT2D eigenvalue weighted by Crippen LogP contribution is 2.32. The van der Waals surface area contributed by atoms with Crippen molar-refractivity contribution in [3.63, 3.8) is 0 Å². The van der Waals surface area contributed by atoms with Gasteiger partial charge in [0, 0.05) is 32.7 Å². The summed E-state index contributed by atoms with van der Waals surface area (Å²) in [7, 11) is -1.12. The summed E-state index contributed by atoms with van der Waals surface area (Å²) in [4.78, 5) is 2.54. The van der Waals surface area contributed by atoms with Gasteiger partial charge < -0.3 is 14.0 Å². The van der Waals surface area contributed by atoms with Gasteiger partial charge >= 0.3 is 0 Å². The summed E-state index contributed by atoms with van der Waals surface area (Å²) in [5, 5.41) is 0. The molecule has 4 nitrogen and oxygen atoms in total. The molecule has 5 heteroatoms. The fraction of sp³-hybridized carbons (Fsp3) is 0.600. The molecule has 0 spiro atoms. The lowest BCUT2D eigenvalue weighted by molar-refractivity contribution is 0.173. The Labute approximate surface area is 122 Å². The number of hydrogen-bond donors (Lipinski definition) is 0. The molecule has 0 aliphatic carbocycles. The van der Waals surface area contributed by atoms with Crippen molar-refractivity contribution < 1.29 is 9.47 Å². The summed E-state index contributed by atoms with van der Waals surface area (Å²) >= 11 is 0. The van der Waals surface area contributed by atoms with Gasteiger partial charge in [0.05, 0.1) is 0 Å². The molecule has 0 N–H and O–H groups in total. The average molecular weight is 292 g/mol. The Kier molecular flexibility index (Phi) is 3.75. The lowest BCUT2D eigenvalue weighted by Crippen LogP contribution is -2.55. The number of benzene rings is 1. The van der Waals surface area contributed by atoms with Crippen LogP contribution in [0.2, 0.25) is 19.6 Å². The Hall–Kier alpha value is -1.04. The zero-order valence-electron chi connectivity index (χ0n) is 12.7. The third kappa shape index (κ3) is 3.00. The molecule has 2 heterocycles. The summed E-state index contributed by atoms with van der Waals surface area (Å²) in [5.74, 6) is 1.76. The summed E-state index contributed by atoms with van der Waals surface area (Å²) < 4.78 is 13.5. The van der Waals surface area contributed by atoms with Gasteiger partial charge in [0.15, 0.2) is 11.5 Å². The molecule has 0 amide bonds. The minimum atomic E-state index is -1.12. The van der Waals surface area contributed by atoms with E-state index in [1.54, 1.807) is 0 Å². The van der Waals surface area contributed by atoms with E-state index < -0.39 is 8.24 Å². The molecule has 2 aliphatic heterocycles. The highest BCUT2D eigenvalue weighted by Gasteiger charge is 2.27. The van der Waals surface area contributed by atoms with Gasteiger partial charge in [-0.3, -0.25) is 4.90 Å². The Morgan fingerprint density at radius 3 is 2.40 bits per heavy atom. The lowest BCUT2D eigenvalue weighted by atomic mass is 10.2. The summed E-state index contributed by atoms with van der Waals surface area (Å²) in [5.41, 5.74) is 1.32. The van der Waals surface area contributed by atoms with Gasteiger partial charge in [0.2, 0.25) is 6.79 Å². The van der Waals surface area contributed by atoms with Crippen molar-refractivity contribution in [1.29, 1.82) is 0 Å². The monoisotopic (exact) mass is 292 g/mol. The molecule has 2 aliphatic rings. The summed E-state index contributed by atoms with van der Waals surface area (Å²) in [6.45, 7) is 13.4. The van der Waals surface area contributed by atoms with Crippen molar-refractivity contribution >= 4 is 8.24 Å². The van der Waals surface area contributed by atoms with Gasteiger partial charge in [0.1, 0.15) is 8.24 Å². The van der Waals surface area contributed by atoms with Crippen molar-refractivity contribution in [2.75, 3.05) is 33.0 Å². The van der Waals surface area contributed by atoms with Crippen LogP contribution in [0, 0.1) is 0 Å². The van der Waals surface area contributed by atoms with E-state index in [-0.39, 0.29) is 0 Å². The lowest BCUT2D eigenvalue weighted by Gasteiger charge is -2.41. The van der Waals surface area contributed by atoms with E-state index in [1.807, 2.05) is 6.07 Å². The van der Waals surface area contributed by atoms with Crippen LogP contribution in [0.4, 0.5) is 0 Å². The molecule has 1 fully saturated rings. The first kappa shape index (κ1) is 13.9. The van der Waals surface area contributed by atoms with Crippen LogP contribution in [0.3, 0.4) is 0 Å². The maximum Gasteiger partial charge on any atom is 0.231 e. The highest BCUT2D eigenvalue weighted by molar-refractivity contribution is 6.73. The van der Waals surface area contributed by atoms with E-state index in [4.69, 9.17) is 9.47 Å². The predicted octanol–water partition coefficient (Wildman–Crippen LogP) is 2.37. The van der Waals surface area contributed by atoms with Crippen LogP contribution in [-0.2, 0) is 6.54 Å². The van der Waals surface area contributed by atoms with Gasteiger partial charge in [-0.05, 0) is 17.7 Å². The Morgan fingerprint density at radius 1 is 1.00 bits per heavy atom. The van der Waals surface area contributed by atoms with E-state index in [0.29, 0.717) is 6.79 Å². The Morgan fingerprint density at radius 2 is 1.70 bits per heavy atom. The van der Waals surface area contributed by atoms with Crippen LogP contribution in [0.1, 0.15) is 5.56 Å². The van der Waals surface area contributed by atoms with Crippen molar-refractivity contribution in [2.45, 2.75) is 26.2 Å². The minimum absolute atomic E-state index is 0.355. The number of fused-ring (bicyclic) bond motifs is 1. The maximum absolute atomic E-state index is 5.45. The van der Waals surface area contributed by atoms with Crippen LogP contribution in [0.5, 0.6) is 11.5 Å². The second-order valence-corrected chi connectivity index (χ2v) is 11.6. The van der Waals surface area contributed by atoms with Crippen LogP contribution in [0.15, 0.2) is 18.2 Å². The van der Waals surface area contributed by atoms with E-state index >= 15 is 0 Å². The van der Waals surface area contributed by atoms with Crippen molar-refractivity contribution in [3.05, 3.63) is 23.8 Å². The number of piperazine rings is 1. The number of rotatable bonds is 3. The third-order valence-electron chi connectivity index (χ3n) is 4.16. The van der Waals surface area contributed by atoms with Crippen molar-refractivity contribution in [2.24, 2.45) is 0 Å². The van der Waals surface area contributed by atoms with Gasteiger partial charge in [-0.2, -0.15) is 0 Å². The molecule has 20 heavy (non-hydrogen) atoms. The molecule has 1 aromatic carbocycles. The van der Waals surface area contributed by atoms with Crippen molar-refractivity contribution in [1.82, 2.24) is 9.47 Å². The molecule has 1 aromatic rings. The normalized spacial score (nSPS) is 20.4. The predicted molar refractivity (Wildman–Crippen MR) is 82.8 cm³/mol. The average Bonchev–Trinajstić information content (AvgIpc) is 2.86. The maximum atomic E-state index is 5.45. The SMILES string of the molecule is C[Si](C)(C)N1CCN(Cc2ccc3c(c2)OCO3)CC1. The summed E-state index contributed by atoms with van der Waals surface area (Å²) in [6.07, 6.45) is 0. The number of ether oxygens (including phenoxy) is 2. The molecule has 3 rings (SSSR count). The second-order valence-electron chi connectivity index (χ2n) is 6.62. The first-order chi connectivity index (χ1) is 9.52. The van der Waals surface area contributed by atoms with Gasteiger partial charge in [0.25, 0.3) is 0 Å². The largest absolute Gasteiger partial charge is 0.454 e. The van der Waals surface area contributed by atoms with E-state index in [1.165, 1.54) is 31.7 Å². The molecule has 0 unspecified atom stereocenters. The minimum Gasteiger partial charge on any atom is -0.454 e. The van der Waals surface area contributed by atoms with Crippen LogP contribution in [0.25, 0.3) is 0 Å². The molecular weight excluding hydrogens is 268 g/mol. The van der Waals surface area contributed by atoms with Crippen LogP contribution < -0.4 is 9.47 Å². The van der Waals surface area contributed by atoms with Crippen molar-refractivity contribution in [3.8, 4) is 11.5 Å². The highest BCUT2D eigenvalue weighted by atomic mass is 28.3. The van der Waals surface area contributed by atoms with Crippen LogP contribution in [-0.4, -0.2) is 50.7 Å². The first-order valence-corrected chi connectivity index (χ1v) is 10.8. The molecule has 0 radical (unpaired) electrons. The van der Waals surface area contributed by atoms with E-state index in [9.17, 15) is 0 Å². The van der Waals surface area contributed by atoms with Gasteiger partial charge in [-0.1, -0.05) is 25.7 Å². The van der Waals surface area contributed by atoms with Crippen LogP contribution >= 0.6 is 0 Å². The molecule has 0 saturated carbocycles. The molecule has 1 saturated heterocycles. The smallest absolute Gasteiger partial charge is 0.231 e. The number of nitrogens with zero attached hydrogens (tertiary/aromatic N) is 2. The summed E-state index contributed by atoms with van der Waals surface area (Å²) in [6, 6.07) is 6.29. The van der Waals surface area contributed by atoms with E-state index in [2.05, 4.69) is 41.2 Å². The molecule has 0 bridgehead atoms. The molecule has 0 atom stereocenters. The zero-order valence-corrected chi connectivity index (χ0v) is 13.7. The zero-order chi connectivity index (χ0) is 14.2. The second kappa shape index (κ2) is 5.39. The quantitative estimate of drug-likeness (QED) is 0.799. The van der Waals surface area contributed by atoms with Gasteiger partial charge in [-0.15, -0.1) is 0 Å².